The molecule has 0 bridgehead atoms. The number of piperidine rings is 1. The van der Waals surface area contributed by atoms with Gasteiger partial charge >= 0.3 is 5.97 Å². The maximum atomic E-state index is 10.8. The number of fused-ring (bicyclic) bond motifs is 2. The lowest BCUT2D eigenvalue weighted by Crippen LogP contribution is -2.34. The Morgan fingerprint density at radius 3 is 2.59 bits per heavy atom. The molecule has 0 radical (unpaired) electrons. The van der Waals surface area contributed by atoms with Gasteiger partial charge in [0.1, 0.15) is 0 Å². The van der Waals surface area contributed by atoms with Gasteiger partial charge in [-0.25, -0.2) is 0 Å². The van der Waals surface area contributed by atoms with E-state index < -0.39 is 5.97 Å². The summed E-state index contributed by atoms with van der Waals surface area (Å²) in [7, 11) is 0. The van der Waals surface area contributed by atoms with E-state index in [-0.39, 0.29) is 0 Å². The highest BCUT2D eigenvalue weighted by molar-refractivity contribution is 7.98. The van der Waals surface area contributed by atoms with Crippen LogP contribution in [0.2, 0.25) is 0 Å². The second kappa shape index (κ2) is 9.64. The molecule has 0 unspecified atom stereocenters. The molecule has 0 atom stereocenters. The molecule has 2 aliphatic heterocycles. The molecule has 1 saturated heterocycles. The van der Waals surface area contributed by atoms with Gasteiger partial charge in [0, 0.05) is 23.6 Å². The van der Waals surface area contributed by atoms with Gasteiger partial charge < -0.3 is 10.0 Å². The summed E-state index contributed by atoms with van der Waals surface area (Å²) in [5.74, 6) is 0.938. The number of aliphatic carboxylic acids is 1. The number of carboxylic acids is 1. The minimum atomic E-state index is -0.666. The summed E-state index contributed by atoms with van der Waals surface area (Å²) in [5.41, 5.74) is 5.52. The minimum Gasteiger partial charge on any atom is -0.481 e. The third-order valence-corrected chi connectivity index (χ3v) is 7.26. The van der Waals surface area contributed by atoms with Crippen LogP contribution >= 0.6 is 11.8 Å². The standard InChI is InChI=1S/C25H29NO2S/c27-25(28)12-11-19-13-16-26(17-14-19)15-5-9-22-21-7-2-1-6-20(21)18-29-24-10-4-3-8-23(22)24/h1-4,6-10,19H,5,11-18H2,(H,27,28). The quantitative estimate of drug-likeness (QED) is 0.668. The first-order valence-corrected chi connectivity index (χ1v) is 11.6. The van der Waals surface area contributed by atoms with Crippen molar-refractivity contribution in [3.8, 4) is 0 Å². The number of hydrogen-bond donors (Lipinski definition) is 1. The molecular formula is C25H29NO2S. The number of likely N-dealkylation sites (tertiary alicyclic amines) is 1. The highest BCUT2D eigenvalue weighted by Crippen LogP contribution is 2.40. The SMILES string of the molecule is O=C(O)CCC1CCN(CCC=C2c3ccccc3CSc3ccccc32)CC1. The molecule has 1 fully saturated rings. The third kappa shape index (κ3) is 5.12. The van der Waals surface area contributed by atoms with Gasteiger partial charge in [-0.05, 0) is 73.0 Å². The molecule has 0 aliphatic carbocycles. The van der Waals surface area contributed by atoms with E-state index in [2.05, 4.69) is 59.5 Å². The van der Waals surface area contributed by atoms with Crippen molar-refractivity contribution in [3.63, 3.8) is 0 Å². The Labute approximate surface area is 177 Å². The van der Waals surface area contributed by atoms with Gasteiger partial charge in [0.25, 0.3) is 0 Å². The third-order valence-electron chi connectivity index (χ3n) is 6.14. The maximum Gasteiger partial charge on any atom is 0.303 e. The first-order chi connectivity index (χ1) is 14.2. The Kier molecular flexibility index (Phi) is 6.73. The molecule has 4 heteroatoms. The van der Waals surface area contributed by atoms with E-state index in [9.17, 15) is 4.79 Å². The Hall–Kier alpha value is -2.04. The van der Waals surface area contributed by atoms with Gasteiger partial charge in [0.15, 0.2) is 0 Å². The Balaban J connectivity index is 1.42. The van der Waals surface area contributed by atoms with Crippen molar-refractivity contribution in [2.24, 2.45) is 5.92 Å². The van der Waals surface area contributed by atoms with Crippen LogP contribution in [-0.4, -0.2) is 35.6 Å². The van der Waals surface area contributed by atoms with Crippen molar-refractivity contribution in [2.75, 3.05) is 19.6 Å². The van der Waals surface area contributed by atoms with Crippen LogP contribution < -0.4 is 0 Å². The number of rotatable bonds is 6. The topological polar surface area (TPSA) is 40.5 Å². The van der Waals surface area contributed by atoms with Crippen LogP contribution in [0.25, 0.3) is 5.57 Å². The first-order valence-electron chi connectivity index (χ1n) is 10.7. The van der Waals surface area contributed by atoms with E-state index in [1.54, 1.807) is 0 Å². The highest BCUT2D eigenvalue weighted by Gasteiger charge is 2.20. The van der Waals surface area contributed by atoms with Crippen molar-refractivity contribution >= 4 is 23.3 Å². The molecule has 152 valence electrons. The summed E-state index contributed by atoms with van der Waals surface area (Å²) < 4.78 is 0. The Morgan fingerprint density at radius 1 is 1.07 bits per heavy atom. The molecule has 1 N–H and O–H groups in total. The molecular weight excluding hydrogens is 378 g/mol. The first kappa shape index (κ1) is 20.2. The average molecular weight is 408 g/mol. The number of carboxylic acid groups (broad SMARTS) is 1. The number of thioether (sulfide) groups is 1. The lowest BCUT2D eigenvalue weighted by Gasteiger charge is -2.31. The maximum absolute atomic E-state index is 10.8. The van der Waals surface area contributed by atoms with Gasteiger partial charge in [-0.2, -0.15) is 0 Å². The molecule has 4 rings (SSSR count). The second-order valence-corrected chi connectivity index (χ2v) is 9.08. The van der Waals surface area contributed by atoms with Crippen LogP contribution in [-0.2, 0) is 10.5 Å². The van der Waals surface area contributed by atoms with E-state index in [1.807, 2.05) is 11.8 Å². The van der Waals surface area contributed by atoms with Gasteiger partial charge in [0.05, 0.1) is 0 Å². The Morgan fingerprint density at radius 2 is 1.79 bits per heavy atom. The molecule has 29 heavy (non-hydrogen) atoms. The summed E-state index contributed by atoms with van der Waals surface area (Å²) in [6.07, 6.45) is 6.88. The number of nitrogens with zero attached hydrogens (tertiary/aromatic N) is 1. The average Bonchev–Trinajstić information content (AvgIpc) is 2.90. The molecule has 0 amide bonds. The van der Waals surface area contributed by atoms with E-state index in [1.165, 1.54) is 27.2 Å². The van der Waals surface area contributed by atoms with Crippen LogP contribution in [0.3, 0.4) is 0 Å². The zero-order chi connectivity index (χ0) is 20.1. The molecule has 0 spiro atoms. The fourth-order valence-corrected chi connectivity index (χ4v) is 5.53. The summed E-state index contributed by atoms with van der Waals surface area (Å²) in [6.45, 7) is 3.26. The van der Waals surface area contributed by atoms with Crippen molar-refractivity contribution in [3.05, 3.63) is 71.3 Å². The van der Waals surface area contributed by atoms with Gasteiger partial charge in [-0.3, -0.25) is 4.79 Å². The van der Waals surface area contributed by atoms with Crippen LogP contribution in [0.4, 0.5) is 0 Å². The largest absolute Gasteiger partial charge is 0.481 e. The second-order valence-electron chi connectivity index (χ2n) is 8.07. The summed E-state index contributed by atoms with van der Waals surface area (Å²) in [5, 5.41) is 8.88. The fourth-order valence-electron chi connectivity index (χ4n) is 4.46. The summed E-state index contributed by atoms with van der Waals surface area (Å²) in [4.78, 5) is 14.7. The van der Waals surface area contributed by atoms with E-state index >= 15 is 0 Å². The predicted molar refractivity (Wildman–Crippen MR) is 120 cm³/mol. The lowest BCUT2D eigenvalue weighted by atomic mass is 9.91. The lowest BCUT2D eigenvalue weighted by molar-refractivity contribution is -0.137. The van der Waals surface area contributed by atoms with Crippen molar-refractivity contribution in [1.82, 2.24) is 4.90 Å². The summed E-state index contributed by atoms with van der Waals surface area (Å²) >= 11 is 1.93. The monoisotopic (exact) mass is 407 g/mol. The number of carbonyl (C=O) groups is 1. The molecule has 0 saturated carbocycles. The molecule has 0 aromatic heterocycles. The molecule has 2 aliphatic rings. The van der Waals surface area contributed by atoms with Crippen LogP contribution in [0.5, 0.6) is 0 Å². The fraction of sp³-hybridized carbons (Fsp3) is 0.400. The van der Waals surface area contributed by atoms with E-state index in [0.717, 1.165) is 51.1 Å². The molecule has 2 aromatic rings. The van der Waals surface area contributed by atoms with E-state index in [0.29, 0.717) is 12.3 Å². The molecule has 3 nitrogen and oxygen atoms in total. The highest BCUT2D eigenvalue weighted by atomic mass is 32.2. The van der Waals surface area contributed by atoms with E-state index in [4.69, 9.17) is 5.11 Å². The smallest absolute Gasteiger partial charge is 0.303 e. The molecule has 2 heterocycles. The molecule has 2 aromatic carbocycles. The van der Waals surface area contributed by atoms with Crippen molar-refractivity contribution in [2.45, 2.75) is 42.8 Å². The minimum absolute atomic E-state index is 0.313. The number of benzene rings is 2. The van der Waals surface area contributed by atoms with Crippen molar-refractivity contribution < 1.29 is 9.90 Å². The van der Waals surface area contributed by atoms with Crippen molar-refractivity contribution in [1.29, 1.82) is 0 Å². The Bertz CT molecular complexity index is 834. The summed E-state index contributed by atoms with van der Waals surface area (Å²) in [6, 6.07) is 17.6. The zero-order valence-electron chi connectivity index (χ0n) is 16.8. The van der Waals surface area contributed by atoms with Crippen LogP contribution in [0, 0.1) is 5.92 Å². The van der Waals surface area contributed by atoms with Crippen LogP contribution in [0.15, 0.2) is 59.5 Å². The van der Waals surface area contributed by atoms with Crippen LogP contribution in [0.1, 0.15) is 48.8 Å². The predicted octanol–water partition coefficient (Wildman–Crippen LogP) is 5.69. The van der Waals surface area contributed by atoms with Gasteiger partial charge in [-0.15, -0.1) is 11.8 Å². The normalized spacial score (nSPS) is 18.8. The number of hydrogen-bond acceptors (Lipinski definition) is 3. The zero-order valence-corrected chi connectivity index (χ0v) is 17.7. The van der Waals surface area contributed by atoms with Gasteiger partial charge in [-0.1, -0.05) is 48.5 Å². The van der Waals surface area contributed by atoms with Gasteiger partial charge in [0.2, 0.25) is 0 Å².